The van der Waals surface area contributed by atoms with Crippen molar-refractivity contribution in [3.05, 3.63) is 75.9 Å². The summed E-state index contributed by atoms with van der Waals surface area (Å²) in [5.41, 5.74) is -1.11. The summed E-state index contributed by atoms with van der Waals surface area (Å²) in [6.45, 7) is 16.9. The summed E-state index contributed by atoms with van der Waals surface area (Å²) >= 11 is 0. The molecule has 0 rings (SSSR count). The van der Waals surface area contributed by atoms with Crippen LogP contribution in [0.2, 0.25) is 0 Å². The summed E-state index contributed by atoms with van der Waals surface area (Å²) in [7, 11) is 0. The average molecular weight is 514 g/mol. The summed E-state index contributed by atoms with van der Waals surface area (Å²) in [5.74, 6) is -4.58. The minimum absolute atomic E-state index is 0.406. The second-order valence-electron chi connectivity index (χ2n) is 5.58. The maximum atomic E-state index is 10.2. The Labute approximate surface area is 207 Å². The number of ether oxygens (including phenoxy) is 3. The van der Waals surface area contributed by atoms with E-state index >= 15 is 0 Å². The van der Waals surface area contributed by atoms with Gasteiger partial charge in [0.25, 0.3) is 0 Å². The van der Waals surface area contributed by atoms with Crippen LogP contribution in [0.3, 0.4) is 0 Å². The molecule has 0 aromatic carbocycles. The predicted molar refractivity (Wildman–Crippen MR) is 125 cm³/mol. The number of rotatable bonds is 10. The molecule has 0 heterocycles. The highest BCUT2D eigenvalue weighted by molar-refractivity contribution is 5.96. The Hall–Kier alpha value is -4.30. The van der Waals surface area contributed by atoms with E-state index in [-0.39, 0.29) is 0 Å². The van der Waals surface area contributed by atoms with E-state index in [1.807, 2.05) is 0 Å². The Morgan fingerprint density at radius 3 is 0.639 bits per heavy atom. The molecule has 0 atom stereocenters. The number of hydrogen-bond acceptors (Lipinski definition) is 13. The van der Waals surface area contributed by atoms with Crippen molar-refractivity contribution in [3.63, 3.8) is 0 Å². The minimum Gasteiger partial charge on any atom is -0.396 e. The van der Waals surface area contributed by atoms with Gasteiger partial charge >= 0.3 is 35.8 Å². The lowest BCUT2D eigenvalue weighted by Crippen LogP contribution is -2.37. The Kier molecular flexibility index (Phi) is 27.4. The summed E-state index contributed by atoms with van der Waals surface area (Å²) in [6.07, 6.45) is 5.43. The van der Waals surface area contributed by atoms with Crippen LogP contribution in [-0.2, 0) is 43.0 Å². The van der Waals surface area contributed by atoms with Gasteiger partial charge in [-0.2, -0.15) is 0 Å². The fraction of sp³-hybridized carbons (Fsp3) is 0.217. The molecule has 0 amide bonds. The molecule has 0 unspecified atom stereocenters. The van der Waals surface area contributed by atoms with Crippen molar-refractivity contribution in [2.45, 2.75) is 0 Å². The summed E-state index contributed by atoms with van der Waals surface area (Å²) in [4.78, 5) is 61.0. The fourth-order valence-corrected chi connectivity index (χ4v) is 0.847. The molecule has 0 bridgehead atoms. The number of esters is 6. The van der Waals surface area contributed by atoms with Crippen molar-refractivity contribution in [2.75, 3.05) is 26.4 Å². The number of hydrogen-bond donors (Lipinski definition) is 4. The number of aliphatic hydroxyl groups excluding tert-OH is 4. The molecule has 13 heteroatoms. The van der Waals surface area contributed by atoms with Crippen LogP contribution in [0.1, 0.15) is 0 Å². The highest BCUT2D eigenvalue weighted by Crippen LogP contribution is 2.11. The first-order valence-corrected chi connectivity index (χ1v) is 9.31. The van der Waals surface area contributed by atoms with Gasteiger partial charge < -0.3 is 34.6 Å². The molecular formula is C23H30O13. The molecular weight excluding hydrogens is 484 g/mol. The zero-order valence-corrected chi connectivity index (χ0v) is 19.5. The second kappa shape index (κ2) is 25.3. The maximum Gasteiger partial charge on any atom is 0.338 e. The Bertz CT molecular complexity index is 643. The predicted octanol–water partition coefficient (Wildman–Crippen LogP) is -0.773. The molecule has 0 aromatic rings. The molecule has 0 radical (unpaired) electrons. The van der Waals surface area contributed by atoms with E-state index in [1.54, 1.807) is 0 Å². The second-order valence-corrected chi connectivity index (χ2v) is 5.58. The average Bonchev–Trinajstić information content (AvgIpc) is 2.90. The molecule has 0 aliphatic heterocycles. The van der Waals surface area contributed by atoms with Crippen molar-refractivity contribution in [1.29, 1.82) is 0 Å². The van der Waals surface area contributed by atoms with Gasteiger partial charge in [-0.15, -0.1) is 0 Å². The Morgan fingerprint density at radius 1 is 0.444 bits per heavy atom. The molecule has 4 N–H and O–H groups in total. The Balaban J connectivity index is -0.000000190. The molecule has 0 saturated carbocycles. The minimum atomic E-state index is -1.11. The zero-order chi connectivity index (χ0) is 29.2. The first-order valence-electron chi connectivity index (χ1n) is 9.31. The number of carbonyl (C=O) groups excluding carboxylic acids is 6. The summed E-state index contributed by atoms with van der Waals surface area (Å²) < 4.78 is 12.1. The van der Waals surface area contributed by atoms with Crippen molar-refractivity contribution in [3.8, 4) is 0 Å². The highest BCUT2D eigenvalue weighted by atomic mass is 16.6. The van der Waals surface area contributed by atoms with Gasteiger partial charge in [-0.1, -0.05) is 39.5 Å². The van der Waals surface area contributed by atoms with E-state index < -0.39 is 67.7 Å². The van der Waals surface area contributed by atoms with Gasteiger partial charge in [0.1, 0.15) is 0 Å². The molecule has 200 valence electrons. The molecule has 0 aliphatic carbocycles. The van der Waals surface area contributed by atoms with Gasteiger partial charge in [-0.25, -0.2) is 28.8 Å². The summed E-state index contributed by atoms with van der Waals surface area (Å²) in [5, 5.41) is 34.0. The van der Waals surface area contributed by atoms with Gasteiger partial charge in [-0.05, 0) is 0 Å². The molecule has 0 spiro atoms. The van der Waals surface area contributed by atoms with Crippen LogP contribution >= 0.6 is 0 Å². The van der Waals surface area contributed by atoms with Gasteiger partial charge in [0.15, 0.2) is 0 Å². The van der Waals surface area contributed by atoms with Gasteiger partial charge in [0, 0.05) is 36.5 Å². The van der Waals surface area contributed by atoms with E-state index in [2.05, 4.69) is 53.7 Å². The first kappa shape index (κ1) is 38.9. The molecule has 0 aliphatic rings. The third kappa shape index (κ3) is 24.3. The van der Waals surface area contributed by atoms with Crippen LogP contribution in [0.4, 0.5) is 0 Å². The van der Waals surface area contributed by atoms with Gasteiger partial charge in [-0.3, -0.25) is 0 Å². The number of carbonyl (C=O) groups is 6. The van der Waals surface area contributed by atoms with E-state index in [4.69, 9.17) is 20.4 Å². The topological polar surface area (TPSA) is 211 Å². The monoisotopic (exact) mass is 514 g/mol. The van der Waals surface area contributed by atoms with Gasteiger partial charge in [0.05, 0.1) is 31.8 Å². The van der Waals surface area contributed by atoms with Crippen molar-refractivity contribution in [1.82, 2.24) is 0 Å². The van der Waals surface area contributed by atoms with Crippen LogP contribution in [0.5, 0.6) is 0 Å². The molecule has 0 saturated heterocycles. The lowest BCUT2D eigenvalue weighted by atomic mass is 9.93. The smallest absolute Gasteiger partial charge is 0.338 e. The molecule has 0 fully saturated rings. The Morgan fingerprint density at radius 2 is 0.583 bits per heavy atom. The van der Waals surface area contributed by atoms with E-state index in [0.717, 1.165) is 36.5 Å². The van der Waals surface area contributed by atoms with Crippen LogP contribution in [-0.4, -0.2) is 82.7 Å². The van der Waals surface area contributed by atoms with Crippen molar-refractivity contribution >= 4 is 35.8 Å². The maximum absolute atomic E-state index is 10.2. The number of aliphatic hydroxyl groups is 4. The van der Waals surface area contributed by atoms with Crippen molar-refractivity contribution < 1.29 is 63.4 Å². The standard InChI is InChI=1S/3C6H6O3.C5H12O4/c3*1-3-5(7)9-6(8)4-2;6-1-5(2-7,3-8)4-9/h3*3-4H,1-2H2;6-9H,1-4H2. The van der Waals surface area contributed by atoms with Crippen LogP contribution < -0.4 is 0 Å². The third-order valence-corrected chi connectivity index (χ3v) is 2.95. The van der Waals surface area contributed by atoms with E-state index in [0.29, 0.717) is 0 Å². The van der Waals surface area contributed by atoms with Crippen LogP contribution in [0, 0.1) is 5.41 Å². The van der Waals surface area contributed by atoms with E-state index in [9.17, 15) is 28.8 Å². The lowest BCUT2D eigenvalue weighted by Gasteiger charge is -2.23. The normalized spacial score (nSPS) is 8.67. The first-order chi connectivity index (χ1) is 16.8. The fourth-order valence-electron chi connectivity index (χ4n) is 0.847. The molecule has 36 heavy (non-hydrogen) atoms. The van der Waals surface area contributed by atoms with Crippen LogP contribution in [0.15, 0.2) is 75.9 Å². The largest absolute Gasteiger partial charge is 0.396 e. The van der Waals surface area contributed by atoms with Crippen molar-refractivity contribution in [2.24, 2.45) is 5.41 Å². The quantitative estimate of drug-likeness (QED) is 0.122. The van der Waals surface area contributed by atoms with Crippen LogP contribution in [0.25, 0.3) is 0 Å². The van der Waals surface area contributed by atoms with Gasteiger partial charge in [0.2, 0.25) is 0 Å². The molecule has 13 nitrogen and oxygen atoms in total. The van der Waals surface area contributed by atoms with E-state index in [1.165, 1.54) is 0 Å². The zero-order valence-electron chi connectivity index (χ0n) is 19.5. The summed E-state index contributed by atoms with van der Waals surface area (Å²) in [6, 6.07) is 0. The molecule has 0 aromatic heterocycles. The SMILES string of the molecule is C=CC(=O)OC(=O)C=C.C=CC(=O)OC(=O)C=C.C=CC(=O)OC(=O)C=C.OCC(CO)(CO)CO. The lowest BCUT2D eigenvalue weighted by molar-refractivity contribution is -0.154. The third-order valence-electron chi connectivity index (χ3n) is 2.95. The highest BCUT2D eigenvalue weighted by Gasteiger charge is 2.26.